The number of carbonyl (C=O) groups excluding carboxylic acids is 2. The third-order valence-electron chi connectivity index (χ3n) is 5.23. The number of allylic oxidation sites excluding steroid dienone is 3. The van der Waals surface area contributed by atoms with Crippen molar-refractivity contribution >= 4 is 11.8 Å². The Labute approximate surface area is 160 Å². The average Bonchev–Trinajstić information content (AvgIpc) is 2.60. The van der Waals surface area contributed by atoms with Crippen LogP contribution in [0, 0.1) is 5.41 Å². The number of hydrogen-bond acceptors (Lipinski definition) is 5. The van der Waals surface area contributed by atoms with Gasteiger partial charge < -0.3 is 10.1 Å². The first-order valence-corrected chi connectivity index (χ1v) is 9.65. The lowest BCUT2D eigenvalue weighted by Crippen LogP contribution is -2.38. The molecule has 0 spiro atoms. The van der Waals surface area contributed by atoms with Crippen LogP contribution in [0.2, 0.25) is 0 Å². The van der Waals surface area contributed by atoms with Crippen molar-refractivity contribution in [3.63, 3.8) is 0 Å². The summed E-state index contributed by atoms with van der Waals surface area (Å²) >= 11 is 0. The van der Waals surface area contributed by atoms with Gasteiger partial charge in [-0.3, -0.25) is 9.78 Å². The number of carbonyl (C=O) groups is 2. The summed E-state index contributed by atoms with van der Waals surface area (Å²) in [4.78, 5) is 30.1. The Balaban J connectivity index is 2.06. The molecule has 1 aromatic rings. The van der Waals surface area contributed by atoms with Crippen LogP contribution in [0.3, 0.4) is 0 Å². The fourth-order valence-corrected chi connectivity index (χ4v) is 3.98. The normalized spacial score (nSPS) is 21.6. The topological polar surface area (TPSA) is 68.3 Å². The molecule has 0 fully saturated rings. The highest BCUT2D eigenvalue weighted by molar-refractivity contribution is 6.04. The van der Waals surface area contributed by atoms with E-state index >= 15 is 0 Å². The third-order valence-corrected chi connectivity index (χ3v) is 5.23. The zero-order chi connectivity index (χ0) is 19.6. The van der Waals surface area contributed by atoms with Crippen LogP contribution >= 0.6 is 0 Å². The van der Waals surface area contributed by atoms with E-state index in [9.17, 15) is 9.59 Å². The molecule has 2 heterocycles. The van der Waals surface area contributed by atoms with Crippen LogP contribution < -0.4 is 5.32 Å². The van der Waals surface area contributed by atoms with E-state index in [1.165, 1.54) is 0 Å². The van der Waals surface area contributed by atoms with Gasteiger partial charge in [-0.15, -0.1) is 0 Å². The van der Waals surface area contributed by atoms with Crippen LogP contribution in [0.4, 0.5) is 0 Å². The van der Waals surface area contributed by atoms with Gasteiger partial charge in [-0.05, 0) is 42.9 Å². The summed E-state index contributed by atoms with van der Waals surface area (Å²) in [5.74, 6) is -0.650. The quantitative estimate of drug-likeness (QED) is 0.628. The Bertz CT molecular complexity index is 806. The van der Waals surface area contributed by atoms with Crippen LogP contribution in [0.25, 0.3) is 0 Å². The fourth-order valence-electron chi connectivity index (χ4n) is 3.98. The molecular weight excluding hydrogens is 340 g/mol. The molecular formula is C22H28N2O3. The maximum Gasteiger partial charge on any atom is 0.336 e. The van der Waals surface area contributed by atoms with Gasteiger partial charge in [-0.2, -0.15) is 0 Å². The Kier molecular flexibility index (Phi) is 5.49. The highest BCUT2D eigenvalue weighted by Gasteiger charge is 2.43. The number of pyridine rings is 1. The minimum Gasteiger partial charge on any atom is -0.462 e. The fraction of sp³-hybridized carbons (Fsp3) is 0.500. The molecule has 0 saturated heterocycles. The Morgan fingerprint density at radius 1 is 1.30 bits per heavy atom. The van der Waals surface area contributed by atoms with Crippen LogP contribution in [0.15, 0.2) is 47.1 Å². The molecule has 0 unspecified atom stereocenters. The molecule has 0 radical (unpaired) electrons. The van der Waals surface area contributed by atoms with Gasteiger partial charge in [0.1, 0.15) is 0 Å². The largest absolute Gasteiger partial charge is 0.462 e. The molecule has 5 nitrogen and oxygen atoms in total. The first kappa shape index (κ1) is 19.3. The average molecular weight is 368 g/mol. The number of ether oxygens (including phenoxy) is 1. The van der Waals surface area contributed by atoms with E-state index in [0.717, 1.165) is 36.2 Å². The standard InChI is InChI=1S/C22H28N2O3/c1-5-6-11-27-21(26)18-14(2)24-16-12-22(3,4)13-17(25)20(16)19(18)15-7-9-23-10-8-15/h7-10,19,24H,5-6,11-13H2,1-4H3/t19-/m1/s1. The molecule has 5 heteroatoms. The molecule has 1 aliphatic heterocycles. The lowest BCUT2D eigenvalue weighted by atomic mass is 9.68. The first-order chi connectivity index (χ1) is 12.8. The van der Waals surface area contributed by atoms with Crippen molar-refractivity contribution in [2.24, 2.45) is 5.41 Å². The summed E-state index contributed by atoms with van der Waals surface area (Å²) in [5.41, 5.74) is 3.74. The molecule has 3 rings (SSSR count). The van der Waals surface area contributed by atoms with Gasteiger partial charge >= 0.3 is 5.97 Å². The number of nitrogens with zero attached hydrogens (tertiary/aromatic N) is 1. The predicted molar refractivity (Wildman–Crippen MR) is 104 cm³/mol. The first-order valence-electron chi connectivity index (χ1n) is 9.65. The van der Waals surface area contributed by atoms with Gasteiger partial charge in [0.05, 0.1) is 12.2 Å². The highest BCUT2D eigenvalue weighted by Crippen LogP contribution is 2.46. The highest BCUT2D eigenvalue weighted by atomic mass is 16.5. The van der Waals surface area contributed by atoms with Gasteiger partial charge in [0, 0.05) is 41.7 Å². The van der Waals surface area contributed by atoms with Crippen LogP contribution in [0.5, 0.6) is 0 Å². The van der Waals surface area contributed by atoms with Crippen molar-refractivity contribution in [2.75, 3.05) is 6.61 Å². The van der Waals surface area contributed by atoms with Crippen molar-refractivity contribution in [2.45, 2.75) is 59.3 Å². The van der Waals surface area contributed by atoms with E-state index in [1.54, 1.807) is 12.4 Å². The van der Waals surface area contributed by atoms with Crippen molar-refractivity contribution in [3.05, 3.63) is 52.6 Å². The second kappa shape index (κ2) is 7.67. The van der Waals surface area contributed by atoms with Crippen molar-refractivity contribution in [3.8, 4) is 0 Å². The summed E-state index contributed by atoms with van der Waals surface area (Å²) < 4.78 is 5.51. The number of dihydropyridines is 1. The molecule has 2 aliphatic rings. The molecule has 144 valence electrons. The second-order valence-electron chi connectivity index (χ2n) is 8.20. The minimum atomic E-state index is -0.401. The Morgan fingerprint density at radius 2 is 2.00 bits per heavy atom. The zero-order valence-electron chi connectivity index (χ0n) is 16.6. The molecule has 1 N–H and O–H groups in total. The number of aromatic nitrogens is 1. The van der Waals surface area contributed by atoms with E-state index in [2.05, 4.69) is 31.1 Å². The van der Waals surface area contributed by atoms with Crippen LogP contribution in [0.1, 0.15) is 64.9 Å². The Hall–Kier alpha value is -2.43. The predicted octanol–water partition coefficient (Wildman–Crippen LogP) is 4.03. The van der Waals surface area contributed by atoms with Crippen molar-refractivity contribution in [1.29, 1.82) is 0 Å². The number of unbranched alkanes of at least 4 members (excludes halogenated alkanes) is 1. The third kappa shape index (κ3) is 3.97. The van der Waals surface area contributed by atoms with Crippen molar-refractivity contribution in [1.82, 2.24) is 10.3 Å². The number of esters is 1. The number of rotatable bonds is 5. The van der Waals surface area contributed by atoms with Gasteiger partial charge in [-0.25, -0.2) is 4.79 Å². The molecule has 27 heavy (non-hydrogen) atoms. The summed E-state index contributed by atoms with van der Waals surface area (Å²) in [6.45, 7) is 8.54. The lowest BCUT2D eigenvalue weighted by Gasteiger charge is -2.39. The zero-order valence-corrected chi connectivity index (χ0v) is 16.6. The van der Waals surface area contributed by atoms with Gasteiger partial charge in [0.15, 0.2) is 5.78 Å². The van der Waals surface area contributed by atoms with E-state index in [1.807, 2.05) is 19.1 Å². The summed E-state index contributed by atoms with van der Waals surface area (Å²) in [6.07, 6.45) is 6.44. The maximum atomic E-state index is 13.1. The molecule has 0 bridgehead atoms. The van der Waals surface area contributed by atoms with Crippen LogP contribution in [-0.4, -0.2) is 23.3 Å². The van der Waals surface area contributed by atoms with Crippen LogP contribution in [-0.2, 0) is 14.3 Å². The molecule has 1 atom stereocenters. The van der Waals surface area contributed by atoms with Gasteiger partial charge in [0.25, 0.3) is 0 Å². The van der Waals surface area contributed by atoms with E-state index in [-0.39, 0.29) is 17.2 Å². The Morgan fingerprint density at radius 3 is 2.67 bits per heavy atom. The number of ketones is 1. The van der Waals surface area contributed by atoms with E-state index < -0.39 is 5.92 Å². The molecule has 0 amide bonds. The molecule has 1 aliphatic carbocycles. The van der Waals surface area contributed by atoms with Gasteiger partial charge in [-0.1, -0.05) is 27.2 Å². The van der Waals surface area contributed by atoms with E-state index in [0.29, 0.717) is 24.2 Å². The van der Waals surface area contributed by atoms with Gasteiger partial charge in [0.2, 0.25) is 0 Å². The maximum absolute atomic E-state index is 13.1. The number of Topliss-reactive ketones (excluding diaryl/α,β-unsaturated/α-hetero) is 1. The summed E-state index contributed by atoms with van der Waals surface area (Å²) in [7, 11) is 0. The summed E-state index contributed by atoms with van der Waals surface area (Å²) in [5, 5.41) is 3.35. The molecule has 1 aromatic heterocycles. The number of nitrogens with one attached hydrogen (secondary N) is 1. The minimum absolute atomic E-state index is 0.0921. The molecule has 0 saturated carbocycles. The summed E-state index contributed by atoms with van der Waals surface area (Å²) in [6, 6.07) is 3.75. The van der Waals surface area contributed by atoms with Crippen molar-refractivity contribution < 1.29 is 14.3 Å². The monoisotopic (exact) mass is 368 g/mol. The SMILES string of the molecule is CCCCOC(=O)C1=C(C)NC2=C(C(=O)CC(C)(C)C2)[C@@H]1c1ccncc1. The van der Waals surface area contributed by atoms with E-state index in [4.69, 9.17) is 4.74 Å². The lowest BCUT2D eigenvalue weighted by molar-refractivity contribution is -0.139. The smallest absolute Gasteiger partial charge is 0.336 e. The number of hydrogen-bond donors (Lipinski definition) is 1. The molecule has 0 aromatic carbocycles. The second-order valence-corrected chi connectivity index (χ2v) is 8.20.